The minimum atomic E-state index is -1.09. The van der Waals surface area contributed by atoms with Gasteiger partial charge in [-0.05, 0) is 116 Å². The second kappa shape index (κ2) is 17.2. The van der Waals surface area contributed by atoms with Gasteiger partial charge in [0.15, 0.2) is 0 Å². The summed E-state index contributed by atoms with van der Waals surface area (Å²) in [6.45, 7) is 0. The summed E-state index contributed by atoms with van der Waals surface area (Å²) in [7, 11) is 0. The normalized spacial score (nSPS) is 15.5. The van der Waals surface area contributed by atoms with Crippen LogP contribution in [0.2, 0.25) is 0 Å². The zero-order chi connectivity index (χ0) is 63.0. The van der Waals surface area contributed by atoms with Crippen LogP contribution in [0.15, 0.2) is 254 Å². The minimum absolute atomic E-state index is 0.256. The lowest BCUT2D eigenvalue weighted by Gasteiger charge is -2.31. The molecule has 0 unspecified atom stereocenters. The van der Waals surface area contributed by atoms with Crippen molar-refractivity contribution in [1.82, 2.24) is 0 Å². The molecule has 0 N–H and O–H groups in total. The third-order valence-corrected chi connectivity index (χ3v) is 11.8. The Balaban J connectivity index is 1.17. The SMILES string of the molecule is [2H]c1c([2H])c([2H])c(-c2cc(F)c(N(c3ccccc3)c3ccc4ccc5c(N(c6ccccc6)c6c(F)cc(-c7c([2H])c([2H])c([2H])c([2H])c7[2H])cc6-c6c([2H])c([2H])c([2H])c([2H])c6[2H])ccc6ccc3c4c65)c(-c3c([2H])c([2H])c([2H])c([2H])c3[2H])c2)c([2H])c1[2H]. The predicted octanol–water partition coefficient (Wildman–Crippen LogP) is 18.5. The number of para-hydroxylation sites is 2. The number of benzene rings is 12. The third-order valence-electron chi connectivity index (χ3n) is 11.8. The standard InChI is InChI=1S/C64H42F2N2/c65-57-41-49(43-19-7-1-8-20-43)39-55(45-23-11-3-12-24-45)63(57)67(51-27-15-5-16-28-51)59-37-33-47-32-36-54-60(38-34-48-31-35-53(59)61(47)62(48)54)68(52-29-17-6-18-30-52)64-56(46-25-13-4-14-26-46)40-50(42-58(64)66)44-21-9-2-10-22-44/h1-42H/i1D,2D,3D,4D,7D,8D,9D,10D,11D,12D,13D,14D,19D,20D,21D,22D,23D,24D,25D,26D. The molecular formula is C64H42F2N2. The number of anilines is 6. The quantitative estimate of drug-likeness (QED) is 0.126. The van der Waals surface area contributed by atoms with Gasteiger partial charge in [-0.15, -0.1) is 0 Å². The van der Waals surface area contributed by atoms with Crippen LogP contribution in [0, 0.1) is 11.6 Å². The third kappa shape index (κ3) is 7.11. The molecule has 322 valence electrons. The highest BCUT2D eigenvalue weighted by Crippen LogP contribution is 2.51. The van der Waals surface area contributed by atoms with Gasteiger partial charge in [-0.3, -0.25) is 0 Å². The molecule has 68 heavy (non-hydrogen) atoms. The Bertz CT molecular complexity index is 4540. The van der Waals surface area contributed by atoms with E-state index in [0.29, 0.717) is 43.7 Å². The van der Waals surface area contributed by atoms with Gasteiger partial charge in [0.05, 0.1) is 50.2 Å². The Kier molecular flexibility index (Phi) is 6.21. The van der Waals surface area contributed by atoms with E-state index in [4.69, 9.17) is 21.9 Å². The van der Waals surface area contributed by atoms with Crippen molar-refractivity contribution >= 4 is 66.4 Å². The molecule has 0 aliphatic carbocycles. The molecule has 0 aromatic heterocycles. The van der Waals surface area contributed by atoms with E-state index in [9.17, 15) is 5.48 Å². The van der Waals surface area contributed by atoms with E-state index in [1.807, 2.05) is 0 Å². The summed E-state index contributed by atoms with van der Waals surface area (Å²) in [5.41, 5.74) is -2.41. The topological polar surface area (TPSA) is 6.48 Å². The highest BCUT2D eigenvalue weighted by Gasteiger charge is 2.28. The van der Waals surface area contributed by atoms with Crippen molar-refractivity contribution in [2.24, 2.45) is 0 Å². The van der Waals surface area contributed by atoms with Crippen LogP contribution in [-0.4, -0.2) is 0 Å². The molecule has 2 nitrogen and oxygen atoms in total. The Morgan fingerprint density at radius 1 is 0.324 bits per heavy atom. The average Bonchev–Trinajstić information content (AvgIpc) is 0.913. The zero-order valence-corrected chi connectivity index (χ0v) is 35.4. The van der Waals surface area contributed by atoms with Crippen molar-refractivity contribution in [2.75, 3.05) is 9.80 Å². The molecule has 0 aliphatic rings. The van der Waals surface area contributed by atoms with E-state index in [1.54, 1.807) is 109 Å². The van der Waals surface area contributed by atoms with Gasteiger partial charge < -0.3 is 9.80 Å². The van der Waals surface area contributed by atoms with Crippen LogP contribution in [0.3, 0.4) is 0 Å². The lowest BCUT2D eigenvalue weighted by atomic mass is 9.90. The van der Waals surface area contributed by atoms with E-state index in [2.05, 4.69) is 0 Å². The molecule has 0 bridgehead atoms. The lowest BCUT2D eigenvalue weighted by Crippen LogP contribution is -2.14. The summed E-state index contributed by atoms with van der Waals surface area (Å²) in [4.78, 5) is 3.00. The first-order chi connectivity index (χ1) is 41.9. The number of hydrogen-bond donors (Lipinski definition) is 0. The molecule has 0 saturated carbocycles. The second-order valence-corrected chi connectivity index (χ2v) is 15.6. The van der Waals surface area contributed by atoms with Gasteiger partial charge in [0.25, 0.3) is 0 Å². The van der Waals surface area contributed by atoms with E-state index >= 15 is 8.78 Å². The monoisotopic (exact) mass is 896 g/mol. The number of hydrogen-bond acceptors (Lipinski definition) is 2. The van der Waals surface area contributed by atoms with Gasteiger partial charge in [0.1, 0.15) is 11.6 Å². The maximum atomic E-state index is 18.3. The molecule has 12 aromatic rings. The molecular weight excluding hydrogens is 835 g/mol. The van der Waals surface area contributed by atoms with Crippen LogP contribution in [0.5, 0.6) is 0 Å². The smallest absolute Gasteiger partial charge is 0.148 e. The predicted molar refractivity (Wildman–Crippen MR) is 281 cm³/mol. The molecule has 4 heteroatoms. The molecule has 0 radical (unpaired) electrons. The number of rotatable bonds is 10. The fourth-order valence-electron chi connectivity index (χ4n) is 8.97. The average molecular weight is 897 g/mol. The Morgan fingerprint density at radius 2 is 0.662 bits per heavy atom. The second-order valence-electron chi connectivity index (χ2n) is 15.6. The highest BCUT2D eigenvalue weighted by atomic mass is 19.1. The molecule has 0 atom stereocenters. The maximum absolute atomic E-state index is 18.3. The van der Waals surface area contributed by atoms with Gasteiger partial charge in [-0.2, -0.15) is 0 Å². The summed E-state index contributed by atoms with van der Waals surface area (Å²) < 4.78 is 211. The first-order valence-electron chi connectivity index (χ1n) is 31.2. The number of nitrogens with zero attached hydrogens (tertiary/aromatic N) is 2. The first kappa shape index (κ1) is 24.6. The minimum Gasteiger partial charge on any atom is -0.307 e. The van der Waals surface area contributed by atoms with Crippen molar-refractivity contribution < 1.29 is 36.2 Å². The molecule has 0 amide bonds. The van der Waals surface area contributed by atoms with Crippen molar-refractivity contribution in [3.05, 3.63) is 266 Å². The summed E-state index contributed by atoms with van der Waals surface area (Å²) >= 11 is 0. The largest absolute Gasteiger partial charge is 0.307 e. The van der Waals surface area contributed by atoms with Crippen LogP contribution >= 0.6 is 0 Å². The van der Waals surface area contributed by atoms with Crippen molar-refractivity contribution in [3.63, 3.8) is 0 Å². The molecule has 0 spiro atoms. The van der Waals surface area contributed by atoms with Gasteiger partial charge in [-0.25, -0.2) is 8.78 Å². The highest BCUT2D eigenvalue weighted by molar-refractivity contribution is 6.28. The molecule has 0 heterocycles. The van der Waals surface area contributed by atoms with Gasteiger partial charge in [0, 0.05) is 33.3 Å². The summed E-state index contributed by atoms with van der Waals surface area (Å²) in [5, 5.41) is 3.32. The van der Waals surface area contributed by atoms with Crippen LogP contribution in [0.25, 0.3) is 76.8 Å². The van der Waals surface area contributed by atoms with E-state index in [1.165, 1.54) is 21.9 Å². The van der Waals surface area contributed by atoms with Crippen LogP contribution in [0.4, 0.5) is 42.9 Å². The van der Waals surface area contributed by atoms with Crippen LogP contribution < -0.4 is 9.80 Å². The van der Waals surface area contributed by atoms with Crippen molar-refractivity contribution in [2.45, 2.75) is 0 Å². The fourth-order valence-corrected chi connectivity index (χ4v) is 8.97. The Morgan fingerprint density at radius 3 is 1.03 bits per heavy atom. The number of halogens is 2. The fraction of sp³-hybridized carbons (Fsp3) is 0. The maximum Gasteiger partial charge on any atom is 0.148 e. The Hall–Kier alpha value is -8.86. The van der Waals surface area contributed by atoms with E-state index < -0.39 is 155 Å². The zero-order valence-electron chi connectivity index (χ0n) is 55.4. The first-order valence-corrected chi connectivity index (χ1v) is 21.2. The van der Waals surface area contributed by atoms with Gasteiger partial charge >= 0.3 is 0 Å². The summed E-state index contributed by atoms with van der Waals surface area (Å²) in [5.74, 6) is -2.17. The Labute approximate surface area is 422 Å². The molecule has 12 rings (SSSR count). The van der Waals surface area contributed by atoms with Gasteiger partial charge in [-0.1, -0.05) is 194 Å². The van der Waals surface area contributed by atoms with Gasteiger partial charge in [0.2, 0.25) is 0 Å². The molecule has 12 aromatic carbocycles. The van der Waals surface area contributed by atoms with Crippen LogP contribution in [-0.2, 0) is 0 Å². The van der Waals surface area contributed by atoms with Crippen LogP contribution in [0.1, 0.15) is 27.4 Å². The summed E-state index contributed by atoms with van der Waals surface area (Å²) in [6, 6.07) is 21.0. The van der Waals surface area contributed by atoms with E-state index in [-0.39, 0.29) is 45.0 Å². The summed E-state index contributed by atoms with van der Waals surface area (Å²) in [6.07, 6.45) is 0. The molecule has 0 saturated heterocycles. The lowest BCUT2D eigenvalue weighted by molar-refractivity contribution is 0.629. The molecule has 0 aliphatic heterocycles. The van der Waals surface area contributed by atoms with Crippen molar-refractivity contribution in [3.8, 4) is 44.5 Å². The molecule has 0 fully saturated rings. The van der Waals surface area contributed by atoms with Crippen molar-refractivity contribution in [1.29, 1.82) is 0 Å². The van der Waals surface area contributed by atoms with E-state index in [0.717, 1.165) is 12.1 Å².